The molecule has 2 N–H and O–H groups in total. The first-order chi connectivity index (χ1) is 10.1. The summed E-state index contributed by atoms with van der Waals surface area (Å²) in [6, 6.07) is 6.70. The summed E-state index contributed by atoms with van der Waals surface area (Å²) in [5.74, 6) is -0.629. The van der Waals surface area contributed by atoms with Crippen molar-refractivity contribution in [1.82, 2.24) is 5.32 Å². The van der Waals surface area contributed by atoms with E-state index in [1.807, 2.05) is 0 Å². The van der Waals surface area contributed by atoms with E-state index in [1.165, 1.54) is 0 Å². The SMILES string of the molecule is COCCOc1ccc(C(=O)NCCOCC(=O)O)cc1. The standard InChI is InChI=1S/C14H19NO6/c1-19-8-9-21-12-4-2-11(3-5-12)14(18)15-6-7-20-10-13(16)17/h2-5H,6-10H2,1H3,(H,15,18)(H,16,17). The molecule has 21 heavy (non-hydrogen) atoms. The average Bonchev–Trinajstić information content (AvgIpc) is 2.47. The zero-order valence-electron chi connectivity index (χ0n) is 11.8. The molecule has 7 heteroatoms. The van der Waals surface area contributed by atoms with Crippen molar-refractivity contribution in [1.29, 1.82) is 0 Å². The molecule has 0 heterocycles. The molecule has 0 aliphatic carbocycles. The van der Waals surface area contributed by atoms with Crippen LogP contribution in [-0.4, -0.2) is 57.1 Å². The summed E-state index contributed by atoms with van der Waals surface area (Å²) in [5.41, 5.74) is 0.493. The lowest BCUT2D eigenvalue weighted by atomic mass is 10.2. The van der Waals surface area contributed by atoms with Crippen LogP contribution in [0.15, 0.2) is 24.3 Å². The third-order valence-electron chi connectivity index (χ3n) is 2.43. The first-order valence-electron chi connectivity index (χ1n) is 6.43. The fraction of sp³-hybridized carbons (Fsp3) is 0.429. The van der Waals surface area contributed by atoms with E-state index in [-0.39, 0.29) is 25.7 Å². The summed E-state index contributed by atoms with van der Waals surface area (Å²) >= 11 is 0. The molecule has 1 aromatic carbocycles. The molecule has 0 spiro atoms. The van der Waals surface area contributed by atoms with E-state index in [0.29, 0.717) is 24.5 Å². The van der Waals surface area contributed by atoms with E-state index in [0.717, 1.165) is 0 Å². The molecule has 1 amide bonds. The lowest BCUT2D eigenvalue weighted by Crippen LogP contribution is -2.27. The molecular weight excluding hydrogens is 278 g/mol. The maximum Gasteiger partial charge on any atom is 0.329 e. The van der Waals surface area contributed by atoms with Crippen molar-refractivity contribution in [2.45, 2.75) is 0 Å². The Hall–Kier alpha value is -2.12. The van der Waals surface area contributed by atoms with Gasteiger partial charge in [0, 0.05) is 19.2 Å². The highest BCUT2D eigenvalue weighted by Crippen LogP contribution is 2.11. The normalized spacial score (nSPS) is 10.1. The van der Waals surface area contributed by atoms with Crippen LogP contribution >= 0.6 is 0 Å². The Labute approximate surface area is 122 Å². The van der Waals surface area contributed by atoms with Gasteiger partial charge in [-0.1, -0.05) is 0 Å². The fourth-order valence-corrected chi connectivity index (χ4v) is 1.44. The monoisotopic (exact) mass is 297 g/mol. The number of ether oxygens (including phenoxy) is 3. The van der Waals surface area contributed by atoms with E-state index in [4.69, 9.17) is 19.3 Å². The molecular formula is C14H19NO6. The number of carboxylic acids is 1. The predicted octanol–water partition coefficient (Wildman–Crippen LogP) is 0.543. The van der Waals surface area contributed by atoms with Gasteiger partial charge in [0.05, 0.1) is 13.2 Å². The molecule has 0 saturated carbocycles. The van der Waals surface area contributed by atoms with Gasteiger partial charge in [-0.05, 0) is 24.3 Å². The van der Waals surface area contributed by atoms with Crippen LogP contribution in [0.25, 0.3) is 0 Å². The van der Waals surface area contributed by atoms with Gasteiger partial charge in [-0.3, -0.25) is 4.79 Å². The molecule has 0 saturated heterocycles. The van der Waals surface area contributed by atoms with Crippen LogP contribution in [0.3, 0.4) is 0 Å². The number of benzene rings is 1. The number of carbonyl (C=O) groups is 2. The average molecular weight is 297 g/mol. The third kappa shape index (κ3) is 7.28. The van der Waals surface area contributed by atoms with E-state index < -0.39 is 5.97 Å². The molecule has 0 aromatic heterocycles. The number of rotatable bonds is 10. The van der Waals surface area contributed by atoms with Crippen LogP contribution < -0.4 is 10.1 Å². The lowest BCUT2D eigenvalue weighted by Gasteiger charge is -2.07. The minimum Gasteiger partial charge on any atom is -0.491 e. The van der Waals surface area contributed by atoms with Gasteiger partial charge in [-0.25, -0.2) is 4.79 Å². The highest BCUT2D eigenvalue weighted by molar-refractivity contribution is 5.94. The molecule has 0 bridgehead atoms. The molecule has 0 aliphatic rings. The quantitative estimate of drug-likeness (QED) is 0.612. The predicted molar refractivity (Wildman–Crippen MR) is 74.6 cm³/mol. The number of hydrogen-bond donors (Lipinski definition) is 2. The highest BCUT2D eigenvalue weighted by Gasteiger charge is 2.05. The summed E-state index contributed by atoms with van der Waals surface area (Å²) in [7, 11) is 1.59. The van der Waals surface area contributed by atoms with Crippen LogP contribution in [0.2, 0.25) is 0 Å². The lowest BCUT2D eigenvalue weighted by molar-refractivity contribution is -0.142. The second-order valence-electron chi connectivity index (χ2n) is 4.07. The zero-order valence-corrected chi connectivity index (χ0v) is 11.8. The fourth-order valence-electron chi connectivity index (χ4n) is 1.44. The highest BCUT2D eigenvalue weighted by atomic mass is 16.5. The minimum atomic E-state index is -1.04. The van der Waals surface area contributed by atoms with Gasteiger partial charge in [0.2, 0.25) is 0 Å². The summed E-state index contributed by atoms with van der Waals surface area (Å²) in [6.45, 7) is 0.972. The molecule has 0 unspecified atom stereocenters. The summed E-state index contributed by atoms with van der Waals surface area (Å²) < 4.78 is 15.1. The third-order valence-corrected chi connectivity index (χ3v) is 2.43. The zero-order chi connectivity index (χ0) is 15.5. The Morgan fingerprint density at radius 3 is 2.48 bits per heavy atom. The van der Waals surface area contributed by atoms with Crippen LogP contribution in [0.5, 0.6) is 5.75 Å². The maximum absolute atomic E-state index is 11.8. The molecule has 0 atom stereocenters. The molecule has 0 aliphatic heterocycles. The van der Waals surface area contributed by atoms with Crippen molar-refractivity contribution in [2.75, 3.05) is 40.1 Å². The summed E-state index contributed by atoms with van der Waals surface area (Å²) in [6.07, 6.45) is 0. The Morgan fingerprint density at radius 1 is 1.14 bits per heavy atom. The molecule has 1 rings (SSSR count). The van der Waals surface area contributed by atoms with Gasteiger partial charge in [0.1, 0.15) is 19.0 Å². The van der Waals surface area contributed by atoms with Crippen LogP contribution in [-0.2, 0) is 14.3 Å². The molecule has 116 valence electrons. The number of amides is 1. The Kier molecular flexibility index (Phi) is 7.85. The smallest absolute Gasteiger partial charge is 0.329 e. The number of hydrogen-bond acceptors (Lipinski definition) is 5. The first-order valence-corrected chi connectivity index (χ1v) is 6.43. The van der Waals surface area contributed by atoms with Gasteiger partial charge in [0.25, 0.3) is 5.91 Å². The van der Waals surface area contributed by atoms with E-state index >= 15 is 0 Å². The van der Waals surface area contributed by atoms with Gasteiger partial charge in [-0.2, -0.15) is 0 Å². The van der Waals surface area contributed by atoms with E-state index in [2.05, 4.69) is 5.32 Å². The van der Waals surface area contributed by atoms with E-state index in [1.54, 1.807) is 31.4 Å². The van der Waals surface area contributed by atoms with Gasteiger partial charge < -0.3 is 24.6 Å². The minimum absolute atomic E-state index is 0.149. The number of methoxy groups -OCH3 is 1. The summed E-state index contributed by atoms with van der Waals surface area (Å²) in [4.78, 5) is 22.0. The van der Waals surface area contributed by atoms with Gasteiger partial charge in [0.15, 0.2) is 0 Å². The molecule has 0 fully saturated rings. The largest absolute Gasteiger partial charge is 0.491 e. The van der Waals surface area contributed by atoms with Crippen LogP contribution in [0.1, 0.15) is 10.4 Å². The molecule has 0 radical (unpaired) electrons. The maximum atomic E-state index is 11.8. The van der Waals surface area contributed by atoms with E-state index in [9.17, 15) is 9.59 Å². The van der Waals surface area contributed by atoms with Crippen molar-refractivity contribution in [3.8, 4) is 5.75 Å². The van der Waals surface area contributed by atoms with Crippen molar-refractivity contribution >= 4 is 11.9 Å². The van der Waals surface area contributed by atoms with Crippen molar-refractivity contribution in [2.24, 2.45) is 0 Å². The summed E-state index contributed by atoms with van der Waals surface area (Å²) in [5, 5.41) is 11.0. The van der Waals surface area contributed by atoms with Gasteiger partial charge >= 0.3 is 5.97 Å². The number of aliphatic carboxylic acids is 1. The topological polar surface area (TPSA) is 94.1 Å². The first kappa shape index (κ1) is 16.9. The van der Waals surface area contributed by atoms with Crippen molar-refractivity contribution < 1.29 is 28.9 Å². The molecule has 1 aromatic rings. The second kappa shape index (κ2) is 9.73. The van der Waals surface area contributed by atoms with Crippen LogP contribution in [0, 0.1) is 0 Å². The number of nitrogens with one attached hydrogen (secondary N) is 1. The van der Waals surface area contributed by atoms with Gasteiger partial charge in [-0.15, -0.1) is 0 Å². The second-order valence-corrected chi connectivity index (χ2v) is 4.07. The Bertz CT molecular complexity index is 445. The number of carbonyl (C=O) groups excluding carboxylic acids is 1. The van der Waals surface area contributed by atoms with Crippen LogP contribution in [0.4, 0.5) is 0 Å². The Balaban J connectivity index is 2.29. The van der Waals surface area contributed by atoms with Crippen molar-refractivity contribution in [3.63, 3.8) is 0 Å². The molecule has 7 nitrogen and oxygen atoms in total. The number of carboxylic acid groups (broad SMARTS) is 1. The van der Waals surface area contributed by atoms with Crippen molar-refractivity contribution in [3.05, 3.63) is 29.8 Å². The Morgan fingerprint density at radius 2 is 1.86 bits per heavy atom.